The molecule has 0 amide bonds. The molecular weight excluding hydrogens is 591 g/mol. The fraction of sp³-hybridized carbons (Fsp3) is 0.481. The molecule has 0 saturated carbocycles. The Hall–Kier alpha value is -2.20. The van der Waals surface area contributed by atoms with Crippen LogP contribution in [0.5, 0.6) is 11.5 Å². The second-order valence-corrected chi connectivity index (χ2v) is 12.9. The van der Waals surface area contributed by atoms with Gasteiger partial charge in [-0.2, -0.15) is 0 Å². The highest BCUT2D eigenvalue weighted by molar-refractivity contribution is 7.91. The van der Waals surface area contributed by atoms with Crippen LogP contribution in [0.1, 0.15) is 45.7 Å². The quantitative estimate of drug-likeness (QED) is 0.197. The number of carbonyl (C=O) groups is 2. The molecule has 0 fully saturated rings. The molecule has 39 heavy (non-hydrogen) atoms. The number of alkyl halides is 1. The smallest absolute Gasteiger partial charge is 0.303 e. The molecule has 0 saturated heterocycles. The largest absolute Gasteiger partial charge is 0.488 e. The fourth-order valence-corrected chi connectivity index (χ4v) is 5.23. The van der Waals surface area contributed by atoms with Crippen molar-refractivity contribution >= 4 is 56.6 Å². The number of halogens is 3. The summed E-state index contributed by atoms with van der Waals surface area (Å²) in [5.41, 5.74) is 1.24. The van der Waals surface area contributed by atoms with E-state index in [0.717, 1.165) is 11.1 Å². The molecule has 2 atom stereocenters. The zero-order valence-corrected chi connectivity index (χ0v) is 25.5. The molecule has 2 aromatic carbocycles. The number of benzene rings is 2. The molecule has 2 rings (SSSR count). The van der Waals surface area contributed by atoms with Crippen molar-refractivity contribution in [2.24, 2.45) is 0 Å². The predicted molar refractivity (Wildman–Crippen MR) is 152 cm³/mol. The third-order valence-electron chi connectivity index (χ3n) is 5.87. The zero-order valence-electron chi connectivity index (χ0n) is 22.5. The van der Waals surface area contributed by atoms with E-state index in [1.54, 1.807) is 24.3 Å². The van der Waals surface area contributed by atoms with E-state index >= 15 is 0 Å². The Kier molecular flexibility index (Phi) is 12.2. The monoisotopic (exact) mass is 622 g/mol. The first kappa shape index (κ1) is 33.0. The van der Waals surface area contributed by atoms with Crippen LogP contribution in [0, 0.1) is 0 Å². The summed E-state index contributed by atoms with van der Waals surface area (Å²) in [4.78, 5) is 22.6. The van der Waals surface area contributed by atoms with Gasteiger partial charge in [0.25, 0.3) is 0 Å². The van der Waals surface area contributed by atoms with Gasteiger partial charge in [0.15, 0.2) is 9.84 Å². The van der Waals surface area contributed by atoms with Crippen LogP contribution in [0.4, 0.5) is 0 Å². The molecule has 0 radical (unpaired) electrons. The van der Waals surface area contributed by atoms with Crippen molar-refractivity contribution in [1.29, 1.82) is 0 Å². The summed E-state index contributed by atoms with van der Waals surface area (Å²) < 4.78 is 45.7. The molecule has 0 aliphatic heterocycles. The third kappa shape index (κ3) is 10.0. The van der Waals surface area contributed by atoms with Crippen LogP contribution in [-0.4, -0.2) is 63.2 Å². The Balaban J connectivity index is 2.16. The van der Waals surface area contributed by atoms with E-state index in [1.807, 2.05) is 26.0 Å². The second-order valence-electron chi connectivity index (χ2n) is 9.35. The van der Waals surface area contributed by atoms with E-state index in [4.69, 9.17) is 53.8 Å². The van der Waals surface area contributed by atoms with E-state index in [-0.39, 0.29) is 30.6 Å². The molecule has 0 aliphatic rings. The normalized spacial score (nSPS) is 13.3. The Morgan fingerprint density at radius 2 is 1.28 bits per heavy atom. The molecule has 0 aromatic heterocycles. The van der Waals surface area contributed by atoms with E-state index in [1.165, 1.54) is 20.8 Å². The summed E-state index contributed by atoms with van der Waals surface area (Å²) in [7, 11) is -3.39. The first-order valence-electron chi connectivity index (χ1n) is 12.1. The van der Waals surface area contributed by atoms with Crippen LogP contribution >= 0.6 is 34.8 Å². The van der Waals surface area contributed by atoms with E-state index in [0.29, 0.717) is 21.5 Å². The number of ether oxygens (including phenoxy) is 4. The lowest BCUT2D eigenvalue weighted by Gasteiger charge is -2.27. The van der Waals surface area contributed by atoms with Crippen LogP contribution in [0.3, 0.4) is 0 Å². The molecular formula is C27H33Cl3O8S. The van der Waals surface area contributed by atoms with Gasteiger partial charge in [-0.05, 0) is 35.4 Å². The predicted octanol–water partition coefficient (Wildman–Crippen LogP) is 5.61. The summed E-state index contributed by atoms with van der Waals surface area (Å²) in [6.07, 6.45) is -1.56. The highest BCUT2D eigenvalue weighted by Crippen LogP contribution is 2.38. The van der Waals surface area contributed by atoms with Crippen LogP contribution < -0.4 is 9.47 Å². The van der Waals surface area contributed by atoms with Crippen LogP contribution in [0.2, 0.25) is 10.0 Å². The standard InChI is InChI=1S/C27H33Cl3O8S/c1-6-39(33,34)16-22(38-18(3)32)15-36-26-10-8-20(12-24(26)30)27(4,5)19-7-9-25(23(29)11-19)35-14-21(13-28)37-17(2)31/h7-12,21-22H,6,13-16H2,1-5H3/t21?,22-/m1/s1. The fourth-order valence-electron chi connectivity index (χ4n) is 3.64. The van der Waals surface area contributed by atoms with Gasteiger partial charge in [-0.25, -0.2) is 8.42 Å². The lowest BCUT2D eigenvalue weighted by molar-refractivity contribution is -0.147. The second kappa shape index (κ2) is 14.4. The molecule has 0 spiro atoms. The van der Waals surface area contributed by atoms with Crippen molar-refractivity contribution in [2.45, 2.75) is 52.2 Å². The highest BCUT2D eigenvalue weighted by Gasteiger charge is 2.26. The van der Waals surface area contributed by atoms with Gasteiger partial charge >= 0.3 is 11.9 Å². The average molecular weight is 624 g/mol. The van der Waals surface area contributed by atoms with Gasteiger partial charge in [-0.15, -0.1) is 11.6 Å². The maximum absolute atomic E-state index is 12.0. The molecule has 0 N–H and O–H groups in total. The lowest BCUT2D eigenvalue weighted by Crippen LogP contribution is -2.32. The molecule has 0 bridgehead atoms. The van der Waals surface area contributed by atoms with Crippen LogP contribution in [0.25, 0.3) is 0 Å². The summed E-state index contributed by atoms with van der Waals surface area (Å²) in [5, 5.41) is 0.686. The highest BCUT2D eigenvalue weighted by atomic mass is 35.5. The molecule has 8 nitrogen and oxygen atoms in total. The first-order valence-corrected chi connectivity index (χ1v) is 15.3. The van der Waals surface area contributed by atoms with Crippen molar-refractivity contribution in [3.63, 3.8) is 0 Å². The maximum Gasteiger partial charge on any atom is 0.303 e. The molecule has 0 heterocycles. The van der Waals surface area contributed by atoms with Crippen LogP contribution in [-0.2, 0) is 34.3 Å². The van der Waals surface area contributed by atoms with Gasteiger partial charge in [-0.1, -0.05) is 56.1 Å². The lowest BCUT2D eigenvalue weighted by atomic mass is 9.78. The summed E-state index contributed by atoms with van der Waals surface area (Å²) in [6.45, 7) is 7.93. The molecule has 1 unspecified atom stereocenters. The minimum Gasteiger partial charge on any atom is -0.488 e. The molecule has 216 valence electrons. The van der Waals surface area contributed by atoms with Crippen molar-refractivity contribution < 1.29 is 37.0 Å². The number of sulfone groups is 1. The van der Waals surface area contributed by atoms with Gasteiger partial charge in [-0.3, -0.25) is 9.59 Å². The van der Waals surface area contributed by atoms with Crippen LogP contribution in [0.15, 0.2) is 36.4 Å². The molecule has 0 aliphatic carbocycles. The maximum atomic E-state index is 12.0. The Morgan fingerprint density at radius 3 is 1.67 bits per heavy atom. The summed E-state index contributed by atoms with van der Waals surface area (Å²) >= 11 is 18.8. The van der Waals surface area contributed by atoms with E-state index in [2.05, 4.69) is 0 Å². The average Bonchev–Trinajstić information content (AvgIpc) is 2.85. The van der Waals surface area contributed by atoms with Crippen molar-refractivity contribution in [1.82, 2.24) is 0 Å². The number of hydrogen-bond acceptors (Lipinski definition) is 8. The SMILES string of the molecule is CCS(=O)(=O)C[C@@H](COc1ccc(C(C)(C)c2ccc(OCC(CCl)OC(C)=O)c(Cl)c2)cc1Cl)OC(C)=O. The number of carbonyl (C=O) groups excluding carboxylic acids is 2. The molecule has 12 heteroatoms. The zero-order chi connectivity index (χ0) is 29.4. The Bertz CT molecular complexity index is 1260. The van der Waals surface area contributed by atoms with Gasteiger partial charge in [0, 0.05) is 25.0 Å². The summed E-state index contributed by atoms with van der Waals surface area (Å²) in [6, 6.07) is 10.7. The third-order valence-corrected chi connectivity index (χ3v) is 8.57. The Labute approximate surface area is 244 Å². The Morgan fingerprint density at radius 1 is 0.846 bits per heavy atom. The number of esters is 2. The summed E-state index contributed by atoms with van der Waals surface area (Å²) in [5.74, 6) is -0.631. The van der Waals surface area contributed by atoms with Crippen molar-refractivity contribution in [2.75, 3.05) is 30.6 Å². The topological polar surface area (TPSA) is 105 Å². The number of rotatable bonds is 14. The molecule has 2 aromatic rings. The van der Waals surface area contributed by atoms with E-state index < -0.39 is 39.4 Å². The minimum absolute atomic E-state index is 0.0608. The van der Waals surface area contributed by atoms with Gasteiger partial charge in [0.1, 0.15) is 36.9 Å². The minimum atomic E-state index is -3.39. The van der Waals surface area contributed by atoms with Crippen molar-refractivity contribution in [3.05, 3.63) is 57.6 Å². The van der Waals surface area contributed by atoms with Gasteiger partial charge < -0.3 is 18.9 Å². The van der Waals surface area contributed by atoms with Crippen molar-refractivity contribution in [3.8, 4) is 11.5 Å². The van der Waals surface area contributed by atoms with E-state index in [9.17, 15) is 18.0 Å². The van der Waals surface area contributed by atoms with Gasteiger partial charge in [0.2, 0.25) is 0 Å². The van der Waals surface area contributed by atoms with Gasteiger partial charge in [0.05, 0.1) is 21.7 Å². The first-order chi connectivity index (χ1) is 18.2. The number of hydrogen-bond donors (Lipinski definition) is 0.